The van der Waals surface area contributed by atoms with Crippen LogP contribution in [0.4, 0.5) is 0 Å². The number of fused-ring (bicyclic) bond motifs is 5. The van der Waals surface area contributed by atoms with Gasteiger partial charge >= 0.3 is 5.97 Å². The van der Waals surface area contributed by atoms with E-state index in [0.717, 1.165) is 38.5 Å². The summed E-state index contributed by atoms with van der Waals surface area (Å²) in [5.74, 6) is 2.52. The summed E-state index contributed by atoms with van der Waals surface area (Å²) in [4.78, 5) is 24.8. The highest BCUT2D eigenvalue weighted by Gasteiger charge is 2.54. The molecule has 0 spiro atoms. The Bertz CT molecular complexity index is 932. The van der Waals surface area contributed by atoms with Crippen molar-refractivity contribution in [3.63, 3.8) is 0 Å². The molecule has 2 fully saturated rings. The smallest absolute Gasteiger partial charge is 0.343 e. The Hall–Kier alpha value is -2.42. The first-order valence-corrected chi connectivity index (χ1v) is 10.5. The normalized spacial score (nSPS) is 30.9. The molecule has 0 N–H and O–H groups in total. The Balaban J connectivity index is 1.38. The first kappa shape index (κ1) is 17.7. The van der Waals surface area contributed by atoms with Crippen molar-refractivity contribution in [2.45, 2.75) is 51.4 Å². The van der Waals surface area contributed by atoms with E-state index in [-0.39, 0.29) is 11.4 Å². The van der Waals surface area contributed by atoms with Crippen molar-refractivity contribution in [3.05, 3.63) is 65.2 Å². The Morgan fingerprint density at radius 3 is 2.68 bits per heavy atom. The van der Waals surface area contributed by atoms with Gasteiger partial charge in [-0.05, 0) is 85.3 Å². The molecule has 4 atom stereocenters. The van der Waals surface area contributed by atoms with Crippen molar-refractivity contribution >= 4 is 11.8 Å². The molecule has 5 rings (SSSR count). The quantitative estimate of drug-likeness (QED) is 0.527. The number of hydrogen-bond donors (Lipinski definition) is 0. The van der Waals surface area contributed by atoms with Gasteiger partial charge in [-0.3, -0.25) is 4.79 Å². The van der Waals surface area contributed by atoms with E-state index in [1.165, 1.54) is 11.1 Å². The SMILES string of the molecule is C[C@]12CC[C@@H]3c4ccc(OC(=O)c5ccccc5)cc4CC[C@H]3[C@@H]1CCC2=O. The van der Waals surface area contributed by atoms with Gasteiger partial charge in [-0.2, -0.15) is 0 Å². The second-order valence-electron chi connectivity index (χ2n) is 8.95. The van der Waals surface area contributed by atoms with Crippen LogP contribution in [-0.4, -0.2) is 11.8 Å². The van der Waals surface area contributed by atoms with Crippen LogP contribution in [0.15, 0.2) is 48.5 Å². The first-order valence-electron chi connectivity index (χ1n) is 10.5. The van der Waals surface area contributed by atoms with E-state index in [2.05, 4.69) is 19.1 Å². The highest BCUT2D eigenvalue weighted by atomic mass is 16.5. The number of carbonyl (C=O) groups excluding carboxylic acids is 2. The average Bonchev–Trinajstić information content (AvgIpc) is 3.03. The summed E-state index contributed by atoms with van der Waals surface area (Å²) in [6.45, 7) is 2.21. The van der Waals surface area contributed by atoms with Crippen LogP contribution >= 0.6 is 0 Å². The predicted octanol–water partition coefficient (Wildman–Crippen LogP) is 5.33. The van der Waals surface area contributed by atoms with E-state index in [9.17, 15) is 9.59 Å². The summed E-state index contributed by atoms with van der Waals surface area (Å²) in [5, 5.41) is 0. The third kappa shape index (κ3) is 2.71. The number of hydrogen-bond acceptors (Lipinski definition) is 3. The van der Waals surface area contributed by atoms with E-state index in [4.69, 9.17) is 4.74 Å². The highest BCUT2D eigenvalue weighted by molar-refractivity contribution is 5.91. The topological polar surface area (TPSA) is 43.4 Å². The van der Waals surface area contributed by atoms with Gasteiger partial charge in [0.15, 0.2) is 0 Å². The Labute approximate surface area is 166 Å². The molecule has 0 unspecified atom stereocenters. The number of rotatable bonds is 2. The zero-order chi connectivity index (χ0) is 19.3. The standard InChI is InChI=1S/C25H26O3/c1-25-14-13-20-19-10-8-18(28-24(27)16-5-3-2-4-6-16)15-17(19)7-9-21(20)22(25)11-12-23(25)26/h2-6,8,10,15,20-22H,7,9,11-14H2,1H3/t20-,21-,22+,25+/m1/s1. The summed E-state index contributed by atoms with van der Waals surface area (Å²) >= 11 is 0. The number of carbonyl (C=O) groups is 2. The minimum Gasteiger partial charge on any atom is -0.423 e. The van der Waals surface area contributed by atoms with Crippen LogP contribution in [0.5, 0.6) is 5.75 Å². The lowest BCUT2D eigenvalue weighted by molar-refractivity contribution is -0.129. The van der Waals surface area contributed by atoms with Crippen LogP contribution in [0.3, 0.4) is 0 Å². The van der Waals surface area contributed by atoms with Gasteiger partial charge in [0.05, 0.1) is 5.56 Å². The molecule has 2 aromatic carbocycles. The number of Topliss-reactive ketones (excluding diaryl/α,β-unsaturated/α-hetero) is 1. The van der Waals surface area contributed by atoms with Gasteiger partial charge < -0.3 is 4.74 Å². The van der Waals surface area contributed by atoms with Crippen LogP contribution < -0.4 is 4.74 Å². The molecule has 0 amide bonds. The van der Waals surface area contributed by atoms with Gasteiger partial charge in [-0.25, -0.2) is 4.79 Å². The minimum atomic E-state index is -0.313. The lowest BCUT2D eigenvalue weighted by atomic mass is 9.55. The second-order valence-corrected chi connectivity index (χ2v) is 8.95. The number of benzene rings is 2. The van der Waals surface area contributed by atoms with E-state index in [1.807, 2.05) is 24.3 Å². The molecule has 0 heterocycles. The summed E-state index contributed by atoms with van der Waals surface area (Å²) in [6, 6.07) is 15.3. The summed E-state index contributed by atoms with van der Waals surface area (Å²) in [6.07, 6.45) is 6.10. The molecule has 3 aliphatic carbocycles. The van der Waals surface area contributed by atoms with Crippen LogP contribution in [-0.2, 0) is 11.2 Å². The molecule has 2 aromatic rings. The third-order valence-corrected chi connectivity index (χ3v) is 7.63. The zero-order valence-corrected chi connectivity index (χ0v) is 16.3. The molecular weight excluding hydrogens is 348 g/mol. The molecule has 0 radical (unpaired) electrons. The van der Waals surface area contributed by atoms with Gasteiger partial charge in [0.2, 0.25) is 0 Å². The van der Waals surface area contributed by atoms with Crippen LogP contribution in [0.1, 0.15) is 66.4 Å². The number of aryl methyl sites for hydroxylation is 1. The lowest BCUT2D eigenvalue weighted by Gasteiger charge is -2.48. The van der Waals surface area contributed by atoms with Crippen molar-refractivity contribution in [3.8, 4) is 5.75 Å². The molecule has 0 bridgehead atoms. The highest BCUT2D eigenvalue weighted by Crippen LogP contribution is 2.59. The van der Waals surface area contributed by atoms with E-state index in [0.29, 0.717) is 34.8 Å². The molecule has 0 aliphatic heterocycles. The van der Waals surface area contributed by atoms with Crippen LogP contribution in [0.2, 0.25) is 0 Å². The fraction of sp³-hybridized carbons (Fsp3) is 0.440. The van der Waals surface area contributed by atoms with Gasteiger partial charge in [0, 0.05) is 11.8 Å². The summed E-state index contributed by atoms with van der Waals surface area (Å²) < 4.78 is 5.62. The van der Waals surface area contributed by atoms with Gasteiger partial charge in [0.1, 0.15) is 11.5 Å². The van der Waals surface area contributed by atoms with Crippen LogP contribution in [0.25, 0.3) is 0 Å². The Kier molecular flexibility index (Phi) is 4.15. The Morgan fingerprint density at radius 2 is 1.86 bits per heavy atom. The number of ketones is 1. The fourth-order valence-electron chi connectivity index (χ4n) is 6.13. The molecule has 0 saturated heterocycles. The second kappa shape index (κ2) is 6.58. The zero-order valence-electron chi connectivity index (χ0n) is 16.3. The first-order chi connectivity index (χ1) is 13.6. The van der Waals surface area contributed by atoms with Crippen molar-refractivity contribution in [2.24, 2.45) is 17.3 Å². The molecule has 2 saturated carbocycles. The minimum absolute atomic E-state index is 0.0795. The van der Waals surface area contributed by atoms with E-state index < -0.39 is 0 Å². The molecule has 3 heteroatoms. The van der Waals surface area contributed by atoms with Crippen LogP contribution in [0, 0.1) is 17.3 Å². The summed E-state index contributed by atoms with van der Waals surface area (Å²) in [7, 11) is 0. The number of ether oxygens (including phenoxy) is 1. The van der Waals surface area contributed by atoms with Gasteiger partial charge in [-0.1, -0.05) is 31.2 Å². The predicted molar refractivity (Wildman–Crippen MR) is 107 cm³/mol. The maximum atomic E-state index is 12.5. The fourth-order valence-corrected chi connectivity index (χ4v) is 6.13. The largest absolute Gasteiger partial charge is 0.423 e. The molecular formula is C25H26O3. The van der Waals surface area contributed by atoms with E-state index >= 15 is 0 Å². The molecule has 144 valence electrons. The molecule has 0 aromatic heterocycles. The lowest BCUT2D eigenvalue weighted by Crippen LogP contribution is -2.42. The molecule has 28 heavy (non-hydrogen) atoms. The van der Waals surface area contributed by atoms with Crippen molar-refractivity contribution in [2.75, 3.05) is 0 Å². The number of esters is 1. The third-order valence-electron chi connectivity index (χ3n) is 7.63. The van der Waals surface area contributed by atoms with Gasteiger partial charge in [0.25, 0.3) is 0 Å². The van der Waals surface area contributed by atoms with Gasteiger partial charge in [-0.15, -0.1) is 0 Å². The monoisotopic (exact) mass is 374 g/mol. The summed E-state index contributed by atoms with van der Waals surface area (Å²) in [5.41, 5.74) is 3.21. The average molecular weight is 374 g/mol. The van der Waals surface area contributed by atoms with Crippen molar-refractivity contribution < 1.29 is 14.3 Å². The molecule has 3 aliphatic rings. The maximum Gasteiger partial charge on any atom is 0.343 e. The van der Waals surface area contributed by atoms with E-state index in [1.54, 1.807) is 12.1 Å². The van der Waals surface area contributed by atoms with Crippen molar-refractivity contribution in [1.82, 2.24) is 0 Å². The molecule has 3 nitrogen and oxygen atoms in total. The van der Waals surface area contributed by atoms with Crippen molar-refractivity contribution in [1.29, 1.82) is 0 Å². The Morgan fingerprint density at radius 1 is 1.04 bits per heavy atom. The maximum absolute atomic E-state index is 12.5.